The molecule has 0 atom stereocenters. The van der Waals surface area contributed by atoms with E-state index in [-0.39, 0.29) is 11.7 Å². The molecule has 40 heavy (non-hydrogen) atoms. The van der Waals surface area contributed by atoms with Crippen LogP contribution in [0.3, 0.4) is 0 Å². The van der Waals surface area contributed by atoms with Gasteiger partial charge < -0.3 is 14.8 Å². The summed E-state index contributed by atoms with van der Waals surface area (Å²) in [6.07, 6.45) is 3.98. The second-order valence-electron chi connectivity index (χ2n) is 9.17. The summed E-state index contributed by atoms with van der Waals surface area (Å²) < 4.78 is 10.6. The van der Waals surface area contributed by atoms with Crippen LogP contribution in [0.2, 0.25) is 0 Å². The molecule has 1 amide bonds. The summed E-state index contributed by atoms with van der Waals surface area (Å²) in [7, 11) is 3.22. The van der Waals surface area contributed by atoms with Crippen LogP contribution in [0.5, 0.6) is 11.5 Å². The number of nitrogens with zero attached hydrogens (tertiary/aromatic N) is 3. The van der Waals surface area contributed by atoms with Crippen LogP contribution in [0.4, 0.5) is 5.00 Å². The van der Waals surface area contributed by atoms with Crippen molar-refractivity contribution in [3.05, 3.63) is 76.2 Å². The lowest BCUT2D eigenvalue weighted by Gasteiger charge is -2.13. The van der Waals surface area contributed by atoms with Crippen molar-refractivity contribution in [3.63, 3.8) is 0 Å². The fourth-order valence-corrected chi connectivity index (χ4v) is 6.77. The van der Waals surface area contributed by atoms with E-state index in [2.05, 4.69) is 17.5 Å². The number of carbonyl (C=O) groups is 1. The highest BCUT2D eigenvalue weighted by Crippen LogP contribution is 2.38. The Morgan fingerprint density at radius 3 is 2.20 bits per heavy atom. The van der Waals surface area contributed by atoms with E-state index in [9.17, 15) is 15.3 Å². The number of carbonyl (C=O) groups excluding carboxylic acids is 1. The van der Waals surface area contributed by atoms with Gasteiger partial charge in [0, 0.05) is 16.0 Å². The van der Waals surface area contributed by atoms with Crippen LogP contribution < -0.4 is 14.8 Å². The number of anilines is 1. The number of fused-ring (bicyclic) bond motifs is 1. The number of amides is 1. The molecule has 4 aromatic rings. The fraction of sp³-hybridized carbons (Fsp3) is 0.226. The summed E-state index contributed by atoms with van der Waals surface area (Å²) in [5.74, 6) is 1.24. The number of hydrogen-bond donors (Lipinski definition) is 1. The number of benzene rings is 2. The van der Waals surface area contributed by atoms with Crippen LogP contribution in [0.15, 0.2) is 59.6 Å². The van der Waals surface area contributed by atoms with E-state index in [1.165, 1.54) is 28.0 Å². The third kappa shape index (κ3) is 5.67. The molecule has 0 fully saturated rings. The summed E-state index contributed by atoms with van der Waals surface area (Å²) in [5.41, 5.74) is 5.13. The lowest BCUT2D eigenvalue weighted by atomic mass is 9.96. The van der Waals surface area contributed by atoms with E-state index >= 15 is 0 Å². The average molecular weight is 567 g/mol. The number of methoxy groups -OCH3 is 2. The van der Waals surface area contributed by atoms with Gasteiger partial charge in [-0.1, -0.05) is 23.9 Å². The molecule has 5 rings (SSSR count). The van der Waals surface area contributed by atoms with Crippen LogP contribution in [0.1, 0.15) is 34.4 Å². The molecule has 1 aliphatic carbocycles. The number of thiophene rings is 1. The monoisotopic (exact) mass is 566 g/mol. The van der Waals surface area contributed by atoms with E-state index in [0.29, 0.717) is 38.2 Å². The average Bonchev–Trinajstić information content (AvgIpc) is 3.36. The van der Waals surface area contributed by atoms with Gasteiger partial charge >= 0.3 is 0 Å². The third-order valence-corrected chi connectivity index (χ3v) is 8.94. The second kappa shape index (κ2) is 12.3. The molecule has 2 aromatic heterocycles. The minimum atomic E-state index is -0.244. The first-order chi connectivity index (χ1) is 19.5. The van der Waals surface area contributed by atoms with Crippen molar-refractivity contribution in [3.8, 4) is 46.0 Å². The highest BCUT2D eigenvalue weighted by Gasteiger charge is 2.23. The Labute approximate surface area is 241 Å². The first-order valence-corrected chi connectivity index (χ1v) is 14.6. The van der Waals surface area contributed by atoms with Crippen LogP contribution in [-0.4, -0.2) is 30.9 Å². The molecule has 7 nitrogen and oxygen atoms in total. The minimum absolute atomic E-state index is 0.0449. The smallest absolute Gasteiger partial charge is 0.235 e. The van der Waals surface area contributed by atoms with Gasteiger partial charge in [-0.05, 0) is 79.3 Å². The molecular formula is C31H26N4O3S2. The van der Waals surface area contributed by atoms with Gasteiger partial charge in [0.05, 0.1) is 36.8 Å². The molecule has 0 aliphatic heterocycles. The highest BCUT2D eigenvalue weighted by molar-refractivity contribution is 8.00. The molecule has 2 heterocycles. The molecule has 0 unspecified atom stereocenters. The van der Waals surface area contributed by atoms with E-state index in [1.807, 2.05) is 54.6 Å². The van der Waals surface area contributed by atoms with E-state index in [4.69, 9.17) is 14.5 Å². The van der Waals surface area contributed by atoms with Crippen molar-refractivity contribution in [2.24, 2.45) is 0 Å². The topological polar surface area (TPSA) is 108 Å². The largest absolute Gasteiger partial charge is 0.497 e. The van der Waals surface area contributed by atoms with Crippen molar-refractivity contribution in [1.82, 2.24) is 4.98 Å². The number of nitrogens with one attached hydrogen (secondary N) is 1. The maximum atomic E-state index is 13.0. The van der Waals surface area contributed by atoms with Crippen LogP contribution in [0, 0.1) is 22.7 Å². The molecule has 0 bridgehead atoms. The Balaban J connectivity index is 1.46. The van der Waals surface area contributed by atoms with Crippen molar-refractivity contribution in [2.45, 2.75) is 30.7 Å². The number of thioether (sulfide) groups is 1. The van der Waals surface area contributed by atoms with Gasteiger partial charge in [0.1, 0.15) is 33.7 Å². The molecule has 9 heteroatoms. The highest BCUT2D eigenvalue weighted by atomic mass is 32.2. The van der Waals surface area contributed by atoms with Crippen molar-refractivity contribution < 1.29 is 14.3 Å². The van der Waals surface area contributed by atoms with Gasteiger partial charge in [0.15, 0.2) is 0 Å². The van der Waals surface area contributed by atoms with Gasteiger partial charge in [-0.15, -0.1) is 11.3 Å². The normalized spacial score (nSPS) is 12.1. The van der Waals surface area contributed by atoms with Gasteiger partial charge in [0.25, 0.3) is 0 Å². The summed E-state index contributed by atoms with van der Waals surface area (Å²) in [4.78, 5) is 19.0. The molecule has 0 spiro atoms. The maximum Gasteiger partial charge on any atom is 0.235 e. The predicted octanol–water partition coefficient (Wildman–Crippen LogP) is 6.85. The first-order valence-electron chi connectivity index (χ1n) is 12.8. The SMILES string of the molecule is COc1ccc(-c2cc(-c3ccc(OC)cc3)c(C#N)c(SCC(=O)Nc3sc4c(c3C#N)CCCC4)n2)cc1. The quantitative estimate of drug-likeness (QED) is 0.232. The van der Waals surface area contributed by atoms with Gasteiger partial charge in [0.2, 0.25) is 5.91 Å². The Morgan fingerprint density at radius 2 is 1.57 bits per heavy atom. The van der Waals surface area contributed by atoms with Crippen molar-refractivity contribution in [2.75, 3.05) is 25.3 Å². The summed E-state index contributed by atoms with van der Waals surface area (Å²) >= 11 is 2.70. The molecule has 0 radical (unpaired) electrons. The zero-order valence-electron chi connectivity index (χ0n) is 22.1. The number of aryl methyl sites for hydroxylation is 1. The summed E-state index contributed by atoms with van der Waals surface area (Å²) in [6, 6.07) is 21.5. The number of nitriles is 2. The van der Waals surface area contributed by atoms with Crippen LogP contribution >= 0.6 is 23.1 Å². The molecule has 1 aliphatic rings. The molecule has 0 saturated heterocycles. The number of ether oxygens (including phenoxy) is 2. The Hall–Kier alpha value is -4.31. The lowest BCUT2D eigenvalue weighted by molar-refractivity contribution is -0.113. The fourth-order valence-electron chi connectivity index (χ4n) is 4.71. The first kappa shape index (κ1) is 27.3. The van der Waals surface area contributed by atoms with Crippen LogP contribution in [-0.2, 0) is 17.6 Å². The molecule has 2 aromatic carbocycles. The van der Waals surface area contributed by atoms with Gasteiger partial charge in [-0.25, -0.2) is 4.98 Å². The Morgan fingerprint density at radius 1 is 0.950 bits per heavy atom. The number of pyridine rings is 1. The molecular weight excluding hydrogens is 541 g/mol. The Kier molecular flexibility index (Phi) is 8.35. The standard InChI is InChI=1S/C31H26N4O3S2/c1-37-21-11-7-19(8-12-21)24-15-27(20-9-13-22(38-2)14-10-20)34-30(26(24)17-33)39-18-29(36)35-31-25(16-32)23-5-3-4-6-28(23)40-31/h7-15H,3-6,18H2,1-2H3,(H,35,36). The van der Waals surface area contributed by atoms with E-state index in [1.54, 1.807) is 14.2 Å². The Bertz CT molecular complexity index is 1630. The molecule has 1 N–H and O–H groups in total. The summed E-state index contributed by atoms with van der Waals surface area (Å²) in [6.45, 7) is 0. The predicted molar refractivity (Wildman–Crippen MR) is 158 cm³/mol. The van der Waals surface area contributed by atoms with Crippen LogP contribution in [0.25, 0.3) is 22.4 Å². The zero-order chi connectivity index (χ0) is 28.1. The number of rotatable bonds is 8. The number of hydrogen-bond acceptors (Lipinski definition) is 8. The van der Waals surface area contributed by atoms with Crippen molar-refractivity contribution in [1.29, 1.82) is 10.5 Å². The number of aromatic nitrogens is 1. The molecule has 200 valence electrons. The lowest BCUT2D eigenvalue weighted by Crippen LogP contribution is -2.14. The second-order valence-corrected chi connectivity index (χ2v) is 11.2. The van der Waals surface area contributed by atoms with Gasteiger partial charge in [-0.2, -0.15) is 10.5 Å². The summed E-state index contributed by atoms with van der Waals surface area (Å²) in [5, 5.41) is 23.9. The zero-order valence-corrected chi connectivity index (χ0v) is 23.7. The van der Waals surface area contributed by atoms with Crippen molar-refractivity contribution >= 4 is 34.0 Å². The minimum Gasteiger partial charge on any atom is -0.497 e. The van der Waals surface area contributed by atoms with Gasteiger partial charge in [-0.3, -0.25) is 4.79 Å². The maximum absolute atomic E-state index is 13.0. The third-order valence-electron chi connectivity index (χ3n) is 6.76. The van der Waals surface area contributed by atoms with E-state index < -0.39 is 0 Å². The molecule has 0 saturated carbocycles. The van der Waals surface area contributed by atoms with E-state index in [0.717, 1.165) is 48.1 Å².